The van der Waals surface area contributed by atoms with Crippen LogP contribution in [0.2, 0.25) is 20.1 Å². The molecule has 1 aromatic heterocycles. The normalized spacial score (nSPS) is 15.7. The van der Waals surface area contributed by atoms with E-state index in [2.05, 4.69) is 41.5 Å². The number of para-hydroxylation sites is 2. The molecular weight excluding hydrogens is 838 g/mol. The van der Waals surface area contributed by atoms with Crippen LogP contribution in [0.3, 0.4) is 0 Å². The van der Waals surface area contributed by atoms with Gasteiger partial charge in [-0.3, -0.25) is 4.79 Å². The molecule has 0 saturated heterocycles. The monoisotopic (exact) mass is 878 g/mol. The summed E-state index contributed by atoms with van der Waals surface area (Å²) in [5.41, 5.74) is 3.70. The van der Waals surface area contributed by atoms with Gasteiger partial charge < -0.3 is 19.3 Å². The fourth-order valence-corrected chi connectivity index (χ4v) is 6.87. The van der Waals surface area contributed by atoms with Gasteiger partial charge in [-0.1, -0.05) is 118 Å². The van der Waals surface area contributed by atoms with Crippen LogP contribution in [-0.4, -0.2) is 19.0 Å². The van der Waals surface area contributed by atoms with Gasteiger partial charge in [0, 0.05) is 16.7 Å². The first-order valence-corrected chi connectivity index (χ1v) is 20.8. The maximum Gasteiger partial charge on any atom is 0.365 e. The number of allylic oxidation sites excluding steroid dienone is 6. The summed E-state index contributed by atoms with van der Waals surface area (Å²) in [5, 5.41) is 15.4. The Morgan fingerprint density at radius 2 is 1.17 bits per heavy atom. The van der Waals surface area contributed by atoms with Crippen molar-refractivity contribution in [2.45, 2.75) is 41.5 Å². The lowest BCUT2D eigenvalue weighted by Crippen LogP contribution is -2.29. The van der Waals surface area contributed by atoms with E-state index in [1.165, 1.54) is 0 Å². The number of halogens is 4. The van der Waals surface area contributed by atoms with E-state index in [0.29, 0.717) is 101 Å². The number of rotatable bonds is 10. The van der Waals surface area contributed by atoms with Crippen LogP contribution in [0.4, 0.5) is 0 Å². The molecule has 7 rings (SSSR count). The predicted octanol–water partition coefficient (Wildman–Crippen LogP) is 14.0. The highest BCUT2D eigenvalue weighted by atomic mass is 35.5. The smallest absolute Gasteiger partial charge is 0.365 e. The van der Waals surface area contributed by atoms with Crippen molar-refractivity contribution in [3.63, 3.8) is 0 Å². The molecule has 306 valence electrons. The van der Waals surface area contributed by atoms with E-state index in [1.54, 1.807) is 72.8 Å². The Kier molecular flexibility index (Phi) is 12.4. The molecule has 0 saturated carbocycles. The van der Waals surface area contributed by atoms with Gasteiger partial charge in [-0.2, -0.15) is 0 Å². The molecule has 2 heterocycles. The highest BCUT2D eigenvalue weighted by Crippen LogP contribution is 2.41. The molecule has 6 nitrogen and oxygen atoms in total. The van der Waals surface area contributed by atoms with Crippen LogP contribution in [0.25, 0.3) is 40.2 Å². The third-order valence-corrected chi connectivity index (χ3v) is 10.7. The zero-order chi connectivity index (χ0) is 42.9. The third-order valence-electron chi connectivity index (χ3n) is 9.27. The second-order valence-corrected chi connectivity index (χ2v) is 18.6. The highest BCUT2D eigenvalue weighted by Gasteiger charge is 2.29. The molecule has 0 radical (unpaired) electrons. The van der Waals surface area contributed by atoms with E-state index >= 15 is 0 Å². The highest BCUT2D eigenvalue weighted by molar-refractivity contribution is 6.42. The first-order chi connectivity index (χ1) is 28.4. The predicted molar refractivity (Wildman–Crippen MR) is 242 cm³/mol. The number of carbonyl (C=O) groups excluding carboxylic acids is 1. The zero-order valence-corrected chi connectivity index (χ0v) is 36.9. The Bertz CT molecular complexity index is 2670. The van der Waals surface area contributed by atoms with Crippen molar-refractivity contribution in [2.24, 2.45) is 10.8 Å². The third kappa shape index (κ3) is 10.0. The fourth-order valence-electron chi connectivity index (χ4n) is 6.27. The maximum absolute atomic E-state index is 13.9. The molecule has 1 aliphatic heterocycles. The number of hydrogen-bond acceptors (Lipinski definition) is 5. The molecule has 5 aromatic rings. The minimum absolute atomic E-state index is 0.0298. The van der Waals surface area contributed by atoms with Crippen molar-refractivity contribution < 1.29 is 28.5 Å². The Labute approximate surface area is 370 Å². The minimum Gasteiger partial charge on any atom is -0.871 e. The molecule has 0 unspecified atom stereocenters. The van der Waals surface area contributed by atoms with Gasteiger partial charge in [0.15, 0.2) is 5.78 Å². The number of hydrogen-bond donors (Lipinski definition) is 0. The number of Topliss-reactive ketones (excluding diaryl/α,β-unsaturated/α-hetero) is 1. The van der Waals surface area contributed by atoms with Crippen LogP contribution in [-0.2, 0) is 9.53 Å². The zero-order valence-electron chi connectivity index (χ0n) is 33.9. The average molecular weight is 881 g/mol. The molecule has 1 aliphatic carbocycles. The molecule has 0 fully saturated rings. The van der Waals surface area contributed by atoms with Gasteiger partial charge >= 0.3 is 11.5 Å². The van der Waals surface area contributed by atoms with Crippen LogP contribution < -0.4 is 14.6 Å². The second kappa shape index (κ2) is 17.4. The molecular formula is C50H42Cl4O6. The van der Waals surface area contributed by atoms with Crippen molar-refractivity contribution in [3.05, 3.63) is 175 Å². The Balaban J connectivity index is 1.30. The van der Waals surface area contributed by atoms with Gasteiger partial charge in [0.05, 0.1) is 56.6 Å². The van der Waals surface area contributed by atoms with Gasteiger partial charge in [0.1, 0.15) is 28.6 Å². The molecule has 4 aromatic carbocycles. The summed E-state index contributed by atoms with van der Waals surface area (Å²) in [6.45, 7) is 13.5. The molecule has 0 N–H and O–H groups in total. The second-order valence-electron chi connectivity index (χ2n) is 17.0. The average Bonchev–Trinajstić information content (AvgIpc) is 3.21. The van der Waals surface area contributed by atoms with Crippen LogP contribution in [0, 0.1) is 10.8 Å². The summed E-state index contributed by atoms with van der Waals surface area (Å²) in [4.78, 5) is 13.9. The van der Waals surface area contributed by atoms with E-state index in [4.69, 9.17) is 65.0 Å². The van der Waals surface area contributed by atoms with E-state index in [1.807, 2.05) is 48.5 Å². The lowest BCUT2D eigenvalue weighted by Gasteiger charge is -2.29. The molecule has 0 amide bonds. The number of ketones is 1. The van der Waals surface area contributed by atoms with E-state index in [-0.39, 0.29) is 22.0 Å². The maximum atomic E-state index is 13.9. The topological polar surface area (TPSA) is 79.1 Å². The van der Waals surface area contributed by atoms with Crippen molar-refractivity contribution in [2.75, 3.05) is 13.2 Å². The van der Waals surface area contributed by atoms with Crippen LogP contribution >= 0.6 is 46.4 Å². The summed E-state index contributed by atoms with van der Waals surface area (Å²) < 4.78 is 25.4. The standard InChI is InChI=1S/C50H42Cl4O6/c1-49(2,3)27-57-41-13-9-7-11-33(41)45-23-29(21-43(59-45)31-15-17-37(51)39(53)25-31)19-35-47(55)36(48(35)56)20-30-22-44(32-16-18-38(52)40(54)26-32)60-46(24-30)34-12-8-10-14-42(34)58-28-50(4,5)6/h7-26H,27-28H2,1-6H3. The van der Waals surface area contributed by atoms with E-state index in [9.17, 15) is 9.90 Å². The van der Waals surface area contributed by atoms with Gasteiger partial charge in [-0.15, -0.1) is 0 Å². The molecule has 0 bridgehead atoms. The van der Waals surface area contributed by atoms with E-state index in [0.717, 1.165) is 0 Å². The fraction of sp³-hybridized carbons (Fsp3) is 0.200. The van der Waals surface area contributed by atoms with Crippen LogP contribution in [0.15, 0.2) is 142 Å². The summed E-state index contributed by atoms with van der Waals surface area (Å²) in [6, 6.07) is 29.0. The molecule has 0 spiro atoms. The largest absolute Gasteiger partial charge is 0.871 e. The van der Waals surface area contributed by atoms with Gasteiger partial charge in [0.2, 0.25) is 0 Å². The summed E-state index contributed by atoms with van der Waals surface area (Å²) >= 11 is 25.4. The summed E-state index contributed by atoms with van der Waals surface area (Å²) in [7, 11) is 0. The quantitative estimate of drug-likeness (QED) is 0.103. The number of benzene rings is 4. The first kappa shape index (κ1) is 42.9. The number of ether oxygens (including phenoxy) is 3. The SMILES string of the molecule is CC(C)(C)COc1ccccc1C1=CC(=CC2=C([O-])C(=Cc3cc(-c4ccc(Cl)c(Cl)c4)[o+]c(-c4ccccc4OCC(C)(C)C)c3)C2=O)C=C(c2ccc(Cl)c(Cl)c2)O1. The van der Waals surface area contributed by atoms with Crippen molar-refractivity contribution in [1.82, 2.24) is 0 Å². The van der Waals surface area contributed by atoms with Gasteiger partial charge in [0.25, 0.3) is 0 Å². The number of carbonyl (C=O) groups is 1. The van der Waals surface area contributed by atoms with Gasteiger partial charge in [-0.25, -0.2) is 4.42 Å². The summed E-state index contributed by atoms with van der Waals surface area (Å²) in [6.07, 6.45) is 6.70. The van der Waals surface area contributed by atoms with Crippen molar-refractivity contribution >= 4 is 69.8 Å². The van der Waals surface area contributed by atoms with Gasteiger partial charge in [-0.05, 0) is 107 Å². The van der Waals surface area contributed by atoms with Crippen molar-refractivity contribution in [3.8, 4) is 34.1 Å². The molecule has 10 heteroatoms. The molecule has 2 aliphatic rings. The molecule has 60 heavy (non-hydrogen) atoms. The summed E-state index contributed by atoms with van der Waals surface area (Å²) in [5.74, 6) is 2.26. The Hall–Kier alpha value is -5.24. The lowest BCUT2D eigenvalue weighted by atomic mass is 9.85. The van der Waals surface area contributed by atoms with E-state index < -0.39 is 11.5 Å². The Morgan fingerprint density at radius 1 is 0.633 bits per heavy atom. The van der Waals surface area contributed by atoms with Crippen LogP contribution in [0.1, 0.15) is 58.2 Å². The first-order valence-electron chi connectivity index (χ1n) is 19.3. The Morgan fingerprint density at radius 3 is 1.77 bits per heavy atom. The lowest BCUT2D eigenvalue weighted by molar-refractivity contribution is -0.300. The van der Waals surface area contributed by atoms with Crippen molar-refractivity contribution in [1.29, 1.82) is 0 Å². The van der Waals surface area contributed by atoms with Crippen LogP contribution in [0.5, 0.6) is 11.5 Å². The molecule has 0 atom stereocenters. The minimum atomic E-state index is -0.403.